The summed E-state index contributed by atoms with van der Waals surface area (Å²) in [4.78, 5) is 16.1. The molecule has 0 radical (unpaired) electrons. The third-order valence-corrected chi connectivity index (χ3v) is 3.99. The van der Waals surface area contributed by atoms with Crippen molar-refractivity contribution in [2.24, 2.45) is 0 Å². The van der Waals surface area contributed by atoms with Crippen LogP contribution in [0.15, 0.2) is 42.0 Å². The van der Waals surface area contributed by atoms with Crippen molar-refractivity contribution >= 4 is 17.4 Å². The number of aromatic nitrogens is 3. The molecular formula is C16H10ClF4N3O2. The lowest BCUT2D eigenvalue weighted by molar-refractivity contribution is -0.142. The van der Waals surface area contributed by atoms with Gasteiger partial charge in [-0.1, -0.05) is 17.7 Å². The third-order valence-electron chi connectivity index (χ3n) is 3.70. The molecule has 10 heteroatoms. The van der Waals surface area contributed by atoms with Crippen LogP contribution < -0.4 is 5.56 Å². The van der Waals surface area contributed by atoms with Gasteiger partial charge in [0.05, 0.1) is 10.7 Å². The van der Waals surface area contributed by atoms with E-state index in [-0.39, 0.29) is 17.0 Å². The summed E-state index contributed by atoms with van der Waals surface area (Å²) in [7, 11) is 0. The van der Waals surface area contributed by atoms with Crippen LogP contribution in [0.3, 0.4) is 0 Å². The number of hydrogen-bond acceptors (Lipinski definition) is 3. The normalized spacial score (nSPS) is 11.9. The summed E-state index contributed by atoms with van der Waals surface area (Å²) in [6.07, 6.45) is -1.54. The minimum absolute atomic E-state index is 0.0843. The average Bonchev–Trinajstić information content (AvgIpc) is 3.01. The maximum atomic E-state index is 14.6. The molecule has 2 heterocycles. The first-order valence-corrected chi connectivity index (χ1v) is 7.52. The van der Waals surface area contributed by atoms with Crippen LogP contribution in [0, 0.1) is 5.82 Å². The fourth-order valence-corrected chi connectivity index (χ4v) is 2.86. The fourth-order valence-electron chi connectivity index (χ4n) is 2.66. The van der Waals surface area contributed by atoms with Crippen molar-refractivity contribution in [3.63, 3.8) is 0 Å². The minimum atomic E-state index is -4.82. The molecule has 3 aromatic rings. The number of halogens is 5. The first-order chi connectivity index (χ1) is 12.2. The maximum absolute atomic E-state index is 14.6. The Morgan fingerprint density at radius 2 is 2.04 bits per heavy atom. The van der Waals surface area contributed by atoms with E-state index in [1.807, 2.05) is 0 Å². The SMILES string of the molecule is C=CCc1c(O)c(Cl)cc(F)c1-n1c(=O)cc(C(F)(F)F)n2ccnc12. The Morgan fingerprint density at radius 3 is 2.65 bits per heavy atom. The van der Waals surface area contributed by atoms with Crippen molar-refractivity contribution in [3.05, 3.63) is 69.6 Å². The fraction of sp³-hybridized carbons (Fsp3) is 0.125. The highest BCUT2D eigenvalue weighted by atomic mass is 35.5. The number of rotatable bonds is 3. The number of phenolic OH excluding ortho intramolecular Hbond substituents is 1. The van der Waals surface area contributed by atoms with Gasteiger partial charge in [0.15, 0.2) is 0 Å². The van der Waals surface area contributed by atoms with Gasteiger partial charge in [0, 0.05) is 24.0 Å². The Morgan fingerprint density at radius 1 is 1.35 bits per heavy atom. The molecule has 0 aliphatic carbocycles. The molecule has 0 fully saturated rings. The van der Waals surface area contributed by atoms with E-state index in [1.54, 1.807) is 0 Å². The zero-order chi connectivity index (χ0) is 19.2. The predicted octanol–water partition coefficient (Wildman–Crippen LogP) is 3.73. The maximum Gasteiger partial charge on any atom is 0.432 e. The van der Waals surface area contributed by atoms with E-state index in [1.165, 1.54) is 6.08 Å². The highest BCUT2D eigenvalue weighted by Crippen LogP contribution is 2.36. The predicted molar refractivity (Wildman–Crippen MR) is 86.3 cm³/mol. The van der Waals surface area contributed by atoms with Crippen molar-refractivity contribution in [2.45, 2.75) is 12.6 Å². The minimum Gasteiger partial charge on any atom is -0.506 e. The van der Waals surface area contributed by atoms with Gasteiger partial charge < -0.3 is 5.11 Å². The molecule has 0 aliphatic heterocycles. The van der Waals surface area contributed by atoms with Gasteiger partial charge in [-0.05, 0) is 12.5 Å². The number of nitrogens with zero attached hydrogens (tertiary/aromatic N) is 3. The number of allylic oxidation sites excluding steroid dienone is 1. The van der Waals surface area contributed by atoms with E-state index in [4.69, 9.17) is 11.6 Å². The van der Waals surface area contributed by atoms with Crippen LogP contribution in [0.2, 0.25) is 5.02 Å². The third kappa shape index (κ3) is 2.74. The summed E-state index contributed by atoms with van der Waals surface area (Å²) in [6, 6.07) is 1.10. The second-order valence-electron chi connectivity index (χ2n) is 5.31. The van der Waals surface area contributed by atoms with E-state index < -0.39 is 40.5 Å². The van der Waals surface area contributed by atoms with Crippen LogP contribution in [0.25, 0.3) is 11.5 Å². The van der Waals surface area contributed by atoms with Crippen LogP contribution in [0.1, 0.15) is 11.3 Å². The van der Waals surface area contributed by atoms with Gasteiger partial charge >= 0.3 is 6.18 Å². The zero-order valence-corrected chi connectivity index (χ0v) is 13.6. The van der Waals surface area contributed by atoms with Gasteiger partial charge in [-0.15, -0.1) is 6.58 Å². The van der Waals surface area contributed by atoms with Crippen LogP contribution in [0.4, 0.5) is 17.6 Å². The Bertz CT molecular complexity index is 1090. The topological polar surface area (TPSA) is 59.5 Å². The molecule has 2 aromatic heterocycles. The van der Waals surface area contributed by atoms with Crippen molar-refractivity contribution in [1.82, 2.24) is 14.0 Å². The highest BCUT2D eigenvalue weighted by Gasteiger charge is 2.35. The molecule has 0 saturated heterocycles. The van der Waals surface area contributed by atoms with E-state index in [0.29, 0.717) is 15.0 Å². The Hall–Kier alpha value is -2.81. The first-order valence-electron chi connectivity index (χ1n) is 7.14. The molecule has 5 nitrogen and oxygen atoms in total. The molecule has 0 unspecified atom stereocenters. The van der Waals surface area contributed by atoms with Crippen molar-refractivity contribution in [1.29, 1.82) is 0 Å². The molecule has 3 rings (SSSR count). The molecule has 1 aromatic carbocycles. The Balaban J connectivity index is 2.48. The summed E-state index contributed by atoms with van der Waals surface area (Å²) in [6.45, 7) is 3.48. The van der Waals surface area contributed by atoms with Crippen molar-refractivity contribution < 1.29 is 22.7 Å². The number of benzene rings is 1. The van der Waals surface area contributed by atoms with Gasteiger partial charge in [-0.25, -0.2) is 13.9 Å². The molecular weight excluding hydrogens is 378 g/mol. The molecule has 0 atom stereocenters. The van der Waals surface area contributed by atoms with Gasteiger partial charge in [0.2, 0.25) is 5.78 Å². The van der Waals surface area contributed by atoms with Gasteiger partial charge in [0.1, 0.15) is 17.3 Å². The van der Waals surface area contributed by atoms with Crippen molar-refractivity contribution in [2.75, 3.05) is 0 Å². The summed E-state index contributed by atoms with van der Waals surface area (Å²) in [5.74, 6) is -1.97. The van der Waals surface area contributed by atoms with Crippen LogP contribution in [-0.4, -0.2) is 19.1 Å². The Labute approximate surface area is 148 Å². The molecule has 0 spiro atoms. The smallest absolute Gasteiger partial charge is 0.432 e. The molecule has 0 amide bonds. The largest absolute Gasteiger partial charge is 0.506 e. The van der Waals surface area contributed by atoms with Crippen LogP contribution in [0.5, 0.6) is 5.75 Å². The second kappa shape index (κ2) is 6.17. The number of aromatic hydroxyl groups is 1. The number of alkyl halides is 3. The molecule has 0 saturated carbocycles. The van der Waals surface area contributed by atoms with Gasteiger partial charge in [-0.2, -0.15) is 13.2 Å². The molecule has 1 N–H and O–H groups in total. The average molecular weight is 388 g/mol. The molecule has 136 valence electrons. The molecule has 0 aliphatic rings. The summed E-state index contributed by atoms with van der Waals surface area (Å²) in [5.41, 5.74) is -2.96. The van der Waals surface area contributed by atoms with Crippen LogP contribution in [-0.2, 0) is 12.6 Å². The number of imidazole rings is 1. The lowest BCUT2D eigenvalue weighted by Crippen LogP contribution is -2.26. The first kappa shape index (κ1) is 18.0. The van der Waals surface area contributed by atoms with Gasteiger partial charge in [-0.3, -0.25) is 9.20 Å². The van der Waals surface area contributed by atoms with Crippen molar-refractivity contribution in [3.8, 4) is 11.4 Å². The van der Waals surface area contributed by atoms with E-state index in [9.17, 15) is 27.5 Å². The number of fused-ring (bicyclic) bond motifs is 1. The zero-order valence-electron chi connectivity index (χ0n) is 12.9. The standard InChI is InChI=1S/C16H10ClF4N3O2/c1-2-3-8-13(10(18)6-9(17)14(8)26)24-12(25)7-11(16(19,20)21)23-5-4-22-15(23)24/h2,4-7,26H,1,3H2. The van der Waals surface area contributed by atoms with Gasteiger partial charge in [0.25, 0.3) is 5.56 Å². The van der Waals surface area contributed by atoms with E-state index in [2.05, 4.69) is 11.6 Å². The Kier molecular flexibility index (Phi) is 4.27. The van der Waals surface area contributed by atoms with Crippen LogP contribution >= 0.6 is 11.6 Å². The second-order valence-corrected chi connectivity index (χ2v) is 5.71. The summed E-state index contributed by atoms with van der Waals surface area (Å²) in [5, 5.41) is 9.82. The lowest BCUT2D eigenvalue weighted by atomic mass is 10.1. The summed E-state index contributed by atoms with van der Waals surface area (Å²) >= 11 is 5.75. The number of phenols is 1. The van der Waals surface area contributed by atoms with E-state index >= 15 is 0 Å². The summed E-state index contributed by atoms with van der Waals surface area (Å²) < 4.78 is 55.4. The quantitative estimate of drug-likeness (QED) is 0.550. The highest BCUT2D eigenvalue weighted by molar-refractivity contribution is 6.32. The van der Waals surface area contributed by atoms with E-state index in [0.717, 1.165) is 18.5 Å². The lowest BCUT2D eigenvalue weighted by Gasteiger charge is -2.17. The number of hydrogen-bond donors (Lipinski definition) is 1. The monoisotopic (exact) mass is 387 g/mol. The molecule has 0 bridgehead atoms. The molecule has 26 heavy (non-hydrogen) atoms.